The van der Waals surface area contributed by atoms with Crippen molar-refractivity contribution in [3.63, 3.8) is 0 Å². The zero-order chi connectivity index (χ0) is 14.7. The largest absolute Gasteiger partial charge is 0.450 e. The van der Waals surface area contributed by atoms with Crippen molar-refractivity contribution in [2.45, 2.75) is 12.3 Å². The fourth-order valence-corrected chi connectivity index (χ4v) is 2.54. The van der Waals surface area contributed by atoms with Gasteiger partial charge in [-0.1, -0.05) is 49.6 Å². The molecule has 0 amide bonds. The van der Waals surface area contributed by atoms with Crippen LogP contribution in [0.5, 0.6) is 11.5 Å². The van der Waals surface area contributed by atoms with E-state index in [0.29, 0.717) is 15.6 Å². The first kappa shape index (κ1) is 15.0. The Balaban J connectivity index is 2.42. The highest BCUT2D eigenvalue weighted by Crippen LogP contribution is 2.35. The van der Waals surface area contributed by atoms with Gasteiger partial charge in [0.2, 0.25) is 5.75 Å². The molecule has 2 aromatic rings. The lowest BCUT2D eigenvalue weighted by Crippen LogP contribution is -1.95. The number of aryl methyl sites for hydroxylation is 1. The van der Waals surface area contributed by atoms with E-state index in [2.05, 4.69) is 31.9 Å². The van der Waals surface area contributed by atoms with Crippen LogP contribution in [-0.2, 0) is 5.33 Å². The van der Waals surface area contributed by atoms with Crippen LogP contribution in [0.4, 0.5) is 5.69 Å². The SMILES string of the molecule is Cc1ccc(Oc2ccc(Br)cc2[N+](=O)[O-])c(CBr)c1. The number of alkyl halides is 1. The molecule has 20 heavy (non-hydrogen) atoms. The van der Waals surface area contributed by atoms with Crippen LogP contribution in [0.15, 0.2) is 40.9 Å². The number of hydrogen-bond donors (Lipinski definition) is 0. The number of rotatable bonds is 4. The Bertz CT molecular complexity index is 659. The summed E-state index contributed by atoms with van der Waals surface area (Å²) in [6, 6.07) is 10.4. The number of ether oxygens (including phenoxy) is 1. The molecule has 0 saturated carbocycles. The molecule has 0 aromatic heterocycles. The molecule has 0 bridgehead atoms. The van der Waals surface area contributed by atoms with Crippen LogP contribution in [0.25, 0.3) is 0 Å². The minimum absolute atomic E-state index is 0.0690. The second-order valence-electron chi connectivity index (χ2n) is 4.22. The summed E-state index contributed by atoms with van der Waals surface area (Å²) < 4.78 is 6.35. The molecule has 6 heteroatoms. The van der Waals surface area contributed by atoms with E-state index in [0.717, 1.165) is 11.1 Å². The van der Waals surface area contributed by atoms with E-state index in [-0.39, 0.29) is 11.4 Å². The van der Waals surface area contributed by atoms with Crippen molar-refractivity contribution < 1.29 is 9.66 Å². The van der Waals surface area contributed by atoms with Gasteiger partial charge in [-0.05, 0) is 25.1 Å². The monoisotopic (exact) mass is 399 g/mol. The van der Waals surface area contributed by atoms with Crippen LogP contribution >= 0.6 is 31.9 Å². The van der Waals surface area contributed by atoms with Crippen molar-refractivity contribution in [3.8, 4) is 11.5 Å². The molecule has 0 aliphatic heterocycles. The van der Waals surface area contributed by atoms with Gasteiger partial charge in [-0.15, -0.1) is 0 Å². The predicted octanol–water partition coefficient (Wildman–Crippen LogP) is 5.35. The van der Waals surface area contributed by atoms with Crippen molar-refractivity contribution in [1.29, 1.82) is 0 Å². The molecule has 2 rings (SSSR count). The maximum absolute atomic E-state index is 11.1. The minimum Gasteiger partial charge on any atom is -0.450 e. The summed E-state index contributed by atoms with van der Waals surface area (Å²) in [5.41, 5.74) is 1.99. The number of hydrogen-bond acceptors (Lipinski definition) is 3. The first-order valence-electron chi connectivity index (χ1n) is 5.78. The molecule has 0 aliphatic rings. The molecule has 0 fully saturated rings. The Labute approximate surface area is 133 Å². The van der Waals surface area contributed by atoms with Gasteiger partial charge in [0.1, 0.15) is 5.75 Å². The summed E-state index contributed by atoms with van der Waals surface area (Å²) in [5.74, 6) is 0.835. The van der Waals surface area contributed by atoms with E-state index in [9.17, 15) is 10.1 Å². The van der Waals surface area contributed by atoms with Crippen LogP contribution in [0, 0.1) is 17.0 Å². The minimum atomic E-state index is -0.456. The normalized spacial score (nSPS) is 10.3. The summed E-state index contributed by atoms with van der Waals surface area (Å²) in [4.78, 5) is 10.6. The van der Waals surface area contributed by atoms with Crippen molar-refractivity contribution in [2.75, 3.05) is 0 Å². The number of nitro benzene ring substituents is 1. The molecule has 0 heterocycles. The van der Waals surface area contributed by atoms with Gasteiger partial charge in [-0.3, -0.25) is 10.1 Å². The van der Waals surface area contributed by atoms with Crippen molar-refractivity contribution in [2.24, 2.45) is 0 Å². The fourth-order valence-electron chi connectivity index (χ4n) is 1.75. The second-order valence-corrected chi connectivity index (χ2v) is 5.69. The number of halogens is 2. The number of benzene rings is 2. The maximum atomic E-state index is 11.1. The quantitative estimate of drug-likeness (QED) is 0.394. The van der Waals surface area contributed by atoms with E-state index in [1.54, 1.807) is 12.1 Å². The molecule has 104 valence electrons. The second kappa shape index (κ2) is 6.37. The Morgan fingerprint density at radius 3 is 2.55 bits per heavy atom. The summed E-state index contributed by atoms with van der Waals surface area (Å²) in [6.45, 7) is 1.98. The smallest absolute Gasteiger partial charge is 0.312 e. The van der Waals surface area contributed by atoms with Crippen LogP contribution in [0.1, 0.15) is 11.1 Å². The lowest BCUT2D eigenvalue weighted by Gasteiger charge is -2.10. The van der Waals surface area contributed by atoms with Crippen LogP contribution in [0.3, 0.4) is 0 Å². The topological polar surface area (TPSA) is 52.4 Å². The third-order valence-corrected chi connectivity index (χ3v) is 3.79. The fraction of sp³-hybridized carbons (Fsp3) is 0.143. The Morgan fingerprint density at radius 2 is 1.90 bits per heavy atom. The molecule has 0 N–H and O–H groups in total. The summed E-state index contributed by atoms with van der Waals surface area (Å²) in [6.07, 6.45) is 0. The molecule has 4 nitrogen and oxygen atoms in total. The van der Waals surface area contributed by atoms with E-state index in [1.165, 1.54) is 6.07 Å². The van der Waals surface area contributed by atoms with Gasteiger partial charge in [0.15, 0.2) is 0 Å². The van der Waals surface area contributed by atoms with Gasteiger partial charge in [0.05, 0.1) is 4.92 Å². The Kier molecular flexibility index (Phi) is 4.77. The summed E-state index contributed by atoms with van der Waals surface area (Å²) in [7, 11) is 0. The highest BCUT2D eigenvalue weighted by atomic mass is 79.9. The highest BCUT2D eigenvalue weighted by molar-refractivity contribution is 9.10. The standard InChI is InChI=1S/C14H11Br2NO3/c1-9-2-4-13(10(6-9)8-15)20-14-5-3-11(16)7-12(14)17(18)19/h2-7H,8H2,1H3. The van der Waals surface area contributed by atoms with E-state index in [4.69, 9.17) is 4.74 Å². The van der Waals surface area contributed by atoms with E-state index < -0.39 is 4.92 Å². The zero-order valence-electron chi connectivity index (χ0n) is 10.6. The van der Waals surface area contributed by atoms with E-state index in [1.807, 2.05) is 25.1 Å². The summed E-state index contributed by atoms with van der Waals surface area (Å²) >= 11 is 6.61. The van der Waals surface area contributed by atoms with Crippen LogP contribution in [0.2, 0.25) is 0 Å². The molecule has 0 radical (unpaired) electrons. The van der Waals surface area contributed by atoms with Gasteiger partial charge in [-0.25, -0.2) is 0 Å². The highest BCUT2D eigenvalue weighted by Gasteiger charge is 2.17. The lowest BCUT2D eigenvalue weighted by atomic mass is 10.1. The Hall–Kier alpha value is -1.40. The van der Waals surface area contributed by atoms with Crippen LogP contribution < -0.4 is 4.74 Å². The molecule has 0 spiro atoms. The van der Waals surface area contributed by atoms with Crippen molar-refractivity contribution >= 4 is 37.5 Å². The molecular formula is C14H11Br2NO3. The summed E-state index contributed by atoms with van der Waals surface area (Å²) in [5, 5.41) is 11.7. The number of nitro groups is 1. The zero-order valence-corrected chi connectivity index (χ0v) is 13.8. The predicted molar refractivity (Wildman–Crippen MR) is 84.7 cm³/mol. The molecular weight excluding hydrogens is 390 g/mol. The maximum Gasteiger partial charge on any atom is 0.312 e. The third-order valence-electron chi connectivity index (χ3n) is 2.70. The average molecular weight is 401 g/mol. The van der Waals surface area contributed by atoms with Crippen molar-refractivity contribution in [1.82, 2.24) is 0 Å². The lowest BCUT2D eigenvalue weighted by molar-refractivity contribution is -0.385. The van der Waals surface area contributed by atoms with Gasteiger partial charge < -0.3 is 4.74 Å². The van der Waals surface area contributed by atoms with E-state index >= 15 is 0 Å². The molecule has 0 atom stereocenters. The van der Waals surface area contributed by atoms with Gasteiger partial charge in [-0.2, -0.15) is 0 Å². The van der Waals surface area contributed by atoms with Crippen molar-refractivity contribution in [3.05, 3.63) is 62.1 Å². The first-order valence-corrected chi connectivity index (χ1v) is 7.70. The first-order chi connectivity index (χ1) is 9.51. The van der Waals surface area contributed by atoms with Gasteiger partial charge in [0, 0.05) is 21.4 Å². The third kappa shape index (κ3) is 3.37. The average Bonchev–Trinajstić information content (AvgIpc) is 2.42. The van der Waals surface area contributed by atoms with Gasteiger partial charge in [0.25, 0.3) is 0 Å². The molecule has 0 aliphatic carbocycles. The molecule has 0 unspecified atom stereocenters. The molecule has 2 aromatic carbocycles. The molecule has 0 saturated heterocycles. The van der Waals surface area contributed by atoms with Crippen LogP contribution in [-0.4, -0.2) is 4.92 Å². The Morgan fingerprint density at radius 1 is 1.20 bits per heavy atom. The van der Waals surface area contributed by atoms with Gasteiger partial charge >= 0.3 is 5.69 Å². The number of nitrogens with zero attached hydrogens (tertiary/aromatic N) is 1.